The summed E-state index contributed by atoms with van der Waals surface area (Å²) in [5.74, 6) is 0.930. The van der Waals surface area contributed by atoms with Gasteiger partial charge in [-0.05, 0) is 30.4 Å². The van der Waals surface area contributed by atoms with E-state index in [4.69, 9.17) is 16.3 Å². The Morgan fingerprint density at radius 3 is 3.04 bits per heavy atom. The summed E-state index contributed by atoms with van der Waals surface area (Å²) in [6.07, 6.45) is 4.58. The normalized spacial score (nSPS) is 19.6. The second-order valence-corrected chi connectivity index (χ2v) is 8.62. The Morgan fingerprint density at radius 1 is 1.36 bits per heavy atom. The van der Waals surface area contributed by atoms with Crippen molar-refractivity contribution in [1.29, 1.82) is 0 Å². The van der Waals surface area contributed by atoms with Crippen molar-refractivity contribution in [3.05, 3.63) is 52.7 Å². The highest BCUT2D eigenvalue weighted by atomic mass is 35.5. The molecule has 25 heavy (non-hydrogen) atoms. The van der Waals surface area contributed by atoms with E-state index in [1.165, 1.54) is 10.4 Å². The third kappa shape index (κ3) is 4.31. The van der Waals surface area contributed by atoms with E-state index < -0.39 is 0 Å². The quantitative estimate of drug-likeness (QED) is 0.704. The molecule has 4 rings (SSSR count). The molecule has 0 spiro atoms. The van der Waals surface area contributed by atoms with E-state index in [0.29, 0.717) is 11.1 Å². The number of hydrogen-bond acceptors (Lipinski definition) is 6. The van der Waals surface area contributed by atoms with Gasteiger partial charge >= 0.3 is 0 Å². The van der Waals surface area contributed by atoms with Gasteiger partial charge in [-0.2, -0.15) is 0 Å². The van der Waals surface area contributed by atoms with Gasteiger partial charge in [0.15, 0.2) is 5.13 Å². The van der Waals surface area contributed by atoms with Gasteiger partial charge in [-0.3, -0.25) is 0 Å². The first kappa shape index (κ1) is 17.2. The molecular weight excluding hydrogens is 374 g/mol. The molecule has 1 atom stereocenters. The summed E-state index contributed by atoms with van der Waals surface area (Å²) in [5.41, 5.74) is 2.23. The van der Waals surface area contributed by atoms with Gasteiger partial charge in [0, 0.05) is 25.1 Å². The van der Waals surface area contributed by atoms with Gasteiger partial charge in [0.2, 0.25) is 0 Å². The molecule has 1 fully saturated rings. The first-order valence-corrected chi connectivity index (χ1v) is 10.6. The number of nitrogens with one attached hydrogen (secondary N) is 1. The van der Waals surface area contributed by atoms with Gasteiger partial charge in [0.25, 0.3) is 0 Å². The lowest BCUT2D eigenvalue weighted by molar-refractivity contribution is 0.120. The van der Waals surface area contributed by atoms with Crippen LogP contribution in [0, 0.1) is 0 Å². The molecule has 4 nitrogen and oxygen atoms in total. The molecule has 3 heterocycles. The molecule has 0 amide bonds. The fraction of sp³-hybridized carbons (Fsp3) is 0.389. The van der Waals surface area contributed by atoms with Gasteiger partial charge < -0.3 is 14.4 Å². The number of thiazole rings is 1. The number of halogens is 1. The molecule has 132 valence electrons. The Balaban J connectivity index is 1.36. The van der Waals surface area contributed by atoms with Crippen molar-refractivity contribution >= 4 is 45.0 Å². The number of ether oxygens (including phenoxy) is 1. The lowest BCUT2D eigenvalue weighted by Crippen LogP contribution is -2.18. The van der Waals surface area contributed by atoms with Crippen LogP contribution in [0.5, 0.6) is 0 Å². The van der Waals surface area contributed by atoms with E-state index in [2.05, 4.69) is 38.9 Å². The molecule has 1 aromatic carbocycles. The van der Waals surface area contributed by atoms with E-state index in [0.717, 1.165) is 49.1 Å². The van der Waals surface area contributed by atoms with Crippen LogP contribution in [0.2, 0.25) is 0 Å². The van der Waals surface area contributed by atoms with Crippen molar-refractivity contribution in [3.63, 3.8) is 0 Å². The zero-order valence-electron chi connectivity index (χ0n) is 13.8. The summed E-state index contributed by atoms with van der Waals surface area (Å²) >= 11 is 9.92. The third-order valence-electron chi connectivity index (χ3n) is 4.23. The molecule has 0 aliphatic carbocycles. The van der Waals surface area contributed by atoms with Crippen LogP contribution in [-0.2, 0) is 17.0 Å². The molecule has 2 aliphatic heterocycles. The first-order chi connectivity index (χ1) is 12.3. The summed E-state index contributed by atoms with van der Waals surface area (Å²) in [5, 5.41) is 5.05. The highest BCUT2D eigenvalue weighted by molar-refractivity contribution is 7.96. The molecule has 2 aliphatic rings. The van der Waals surface area contributed by atoms with Crippen LogP contribution >= 0.6 is 34.9 Å². The Bertz CT molecular complexity index is 744. The predicted octanol–water partition coefficient (Wildman–Crippen LogP) is 4.94. The molecule has 1 N–H and O–H groups in total. The van der Waals surface area contributed by atoms with Gasteiger partial charge in [0.1, 0.15) is 5.69 Å². The minimum Gasteiger partial charge on any atom is -0.376 e. The Labute approximate surface area is 161 Å². The van der Waals surface area contributed by atoms with Crippen LogP contribution in [0.3, 0.4) is 0 Å². The van der Waals surface area contributed by atoms with Crippen molar-refractivity contribution in [1.82, 2.24) is 9.29 Å². The summed E-state index contributed by atoms with van der Waals surface area (Å²) in [6.45, 7) is 2.53. The minimum absolute atomic E-state index is 0.310. The Morgan fingerprint density at radius 2 is 2.24 bits per heavy atom. The van der Waals surface area contributed by atoms with Gasteiger partial charge in [0.05, 0.1) is 22.6 Å². The Kier molecular flexibility index (Phi) is 5.51. The number of anilines is 1. The number of hydrogen-bond donors (Lipinski definition) is 1. The fourth-order valence-corrected chi connectivity index (χ4v) is 5.28. The van der Waals surface area contributed by atoms with E-state index >= 15 is 0 Å². The average Bonchev–Trinajstić information content (AvgIpc) is 3.28. The molecule has 7 heteroatoms. The molecule has 0 radical (unpaired) electrons. The largest absolute Gasteiger partial charge is 0.376 e. The highest BCUT2D eigenvalue weighted by Crippen LogP contribution is 2.38. The van der Waals surface area contributed by atoms with Gasteiger partial charge in [-0.1, -0.05) is 53.3 Å². The Hall–Kier alpha value is -1.21. The number of nitrogens with zero attached hydrogens (tertiary/aromatic N) is 2. The zero-order valence-corrected chi connectivity index (χ0v) is 16.2. The maximum atomic E-state index is 6.46. The molecule has 1 saturated heterocycles. The fourth-order valence-electron chi connectivity index (χ4n) is 2.92. The van der Waals surface area contributed by atoms with Crippen LogP contribution in [-0.4, -0.2) is 28.5 Å². The van der Waals surface area contributed by atoms with Crippen LogP contribution in [0.4, 0.5) is 5.13 Å². The summed E-state index contributed by atoms with van der Waals surface area (Å²) in [7, 11) is 0. The lowest BCUT2D eigenvalue weighted by Gasteiger charge is -2.22. The van der Waals surface area contributed by atoms with Crippen LogP contribution in [0.25, 0.3) is 5.03 Å². The topological polar surface area (TPSA) is 37.4 Å². The summed E-state index contributed by atoms with van der Waals surface area (Å²) in [6, 6.07) is 10.5. The zero-order chi connectivity index (χ0) is 17.1. The molecule has 0 bridgehead atoms. The summed E-state index contributed by atoms with van der Waals surface area (Å²) < 4.78 is 7.85. The van der Waals surface area contributed by atoms with E-state index in [-0.39, 0.29) is 0 Å². The van der Waals surface area contributed by atoms with Crippen molar-refractivity contribution in [3.8, 4) is 0 Å². The van der Waals surface area contributed by atoms with Crippen LogP contribution < -0.4 is 5.32 Å². The monoisotopic (exact) mass is 393 g/mol. The van der Waals surface area contributed by atoms with Crippen molar-refractivity contribution in [2.75, 3.05) is 18.5 Å². The van der Waals surface area contributed by atoms with Gasteiger partial charge in [-0.25, -0.2) is 4.98 Å². The standard InChI is InChI=1S/C18H20ClN3OS2/c19-15-10-22(24-12-13-5-2-1-3-6-13)11-16-17(15)21-18(25-16)20-9-14-7-4-8-23-14/h1-3,5-6,10,14H,4,7-9,11-12H2,(H,20,21). The maximum Gasteiger partial charge on any atom is 0.183 e. The van der Waals surface area contributed by atoms with E-state index in [1.54, 1.807) is 23.3 Å². The van der Waals surface area contributed by atoms with Crippen LogP contribution in [0.15, 0.2) is 36.5 Å². The van der Waals surface area contributed by atoms with Crippen molar-refractivity contribution in [2.24, 2.45) is 0 Å². The second-order valence-electron chi connectivity index (χ2n) is 6.12. The average molecular weight is 394 g/mol. The summed E-state index contributed by atoms with van der Waals surface area (Å²) in [4.78, 5) is 5.87. The minimum atomic E-state index is 0.310. The van der Waals surface area contributed by atoms with E-state index in [9.17, 15) is 0 Å². The van der Waals surface area contributed by atoms with Crippen molar-refractivity contribution < 1.29 is 4.74 Å². The third-order valence-corrected chi connectivity index (χ3v) is 6.53. The lowest BCUT2D eigenvalue weighted by atomic mass is 10.2. The number of aromatic nitrogens is 1. The SMILES string of the molecule is ClC1=CN(SCc2ccccc2)Cc2sc(NCC3CCCO3)nc21. The molecular formula is C18H20ClN3OS2. The number of benzene rings is 1. The molecule has 0 saturated carbocycles. The first-order valence-electron chi connectivity index (χ1n) is 8.44. The van der Waals surface area contributed by atoms with E-state index in [1.807, 2.05) is 12.3 Å². The van der Waals surface area contributed by atoms with Crippen molar-refractivity contribution in [2.45, 2.75) is 31.2 Å². The maximum absolute atomic E-state index is 6.46. The second kappa shape index (κ2) is 7.99. The number of rotatable bonds is 6. The molecule has 1 aromatic heterocycles. The molecule has 2 aromatic rings. The van der Waals surface area contributed by atoms with Gasteiger partial charge in [-0.15, -0.1) is 0 Å². The van der Waals surface area contributed by atoms with Crippen LogP contribution in [0.1, 0.15) is 29.0 Å². The molecule has 1 unspecified atom stereocenters. The highest BCUT2D eigenvalue weighted by Gasteiger charge is 2.22. The predicted molar refractivity (Wildman–Crippen MR) is 107 cm³/mol. The smallest absolute Gasteiger partial charge is 0.183 e. The number of fused-ring (bicyclic) bond motifs is 1.